The first kappa shape index (κ1) is 32.4. The van der Waals surface area contributed by atoms with E-state index in [1.54, 1.807) is 0 Å². The highest BCUT2D eigenvalue weighted by Crippen LogP contribution is 2.48. The van der Waals surface area contributed by atoms with Crippen LogP contribution in [0.5, 0.6) is 0 Å². The van der Waals surface area contributed by atoms with Crippen molar-refractivity contribution in [2.75, 3.05) is 34.5 Å². The largest absolute Gasteiger partial charge is 0.178 e. The summed E-state index contributed by atoms with van der Waals surface area (Å²) in [6.07, 6.45) is 0. The second kappa shape index (κ2) is 12.8. The van der Waals surface area contributed by atoms with Crippen LogP contribution in [0.1, 0.15) is 74.9 Å². The fraction of sp³-hybridized carbons (Fsp3) is 0.381. The summed E-state index contributed by atoms with van der Waals surface area (Å²) in [5.74, 6) is 14.7. The average molecular weight is 619 g/mol. The van der Waals surface area contributed by atoms with E-state index in [0.717, 1.165) is 34.5 Å². The summed E-state index contributed by atoms with van der Waals surface area (Å²) in [6, 6.07) is 18.8. The third kappa shape index (κ3) is 5.51. The lowest BCUT2D eigenvalue weighted by Crippen LogP contribution is -2.06. The van der Waals surface area contributed by atoms with Crippen molar-refractivity contribution in [3.8, 4) is 22.3 Å². The number of rotatable bonds is 6. The Morgan fingerprint density at radius 2 is 0.614 bits per heavy atom. The van der Waals surface area contributed by atoms with Crippen molar-refractivity contribution in [1.82, 2.24) is 0 Å². The zero-order valence-corrected chi connectivity index (χ0v) is 30.3. The van der Waals surface area contributed by atoms with Gasteiger partial charge in [-0.3, -0.25) is 0 Å². The summed E-state index contributed by atoms with van der Waals surface area (Å²) in [5.41, 5.74) is 7.60. The molecular weight excluding hydrogens is 569 g/mol. The SMILES string of the molecule is CCS(C#Cc1c2cc3c(C)ccc(C)c3cc2c(C#CS(CC)(CC)CC)c2cc3c(C)ccc(C)c3cc12)(CC)CC. The van der Waals surface area contributed by atoms with E-state index in [1.165, 1.54) is 76.5 Å². The summed E-state index contributed by atoms with van der Waals surface area (Å²) < 4.78 is 0. The molecule has 5 rings (SSSR count). The smallest absolute Gasteiger partial charge is 0.0411 e. The third-order valence-electron chi connectivity index (χ3n) is 10.4. The maximum Gasteiger partial charge on any atom is 0.0411 e. The predicted octanol–water partition coefficient (Wildman–Crippen LogP) is 11.9. The van der Waals surface area contributed by atoms with E-state index in [1.807, 2.05) is 0 Å². The Hall–Kier alpha value is -3.04. The molecule has 230 valence electrons. The van der Waals surface area contributed by atoms with Crippen LogP contribution in [0, 0.1) is 50.0 Å². The van der Waals surface area contributed by atoms with Gasteiger partial charge in [0.25, 0.3) is 0 Å². The van der Waals surface area contributed by atoms with E-state index in [-0.39, 0.29) is 0 Å². The molecule has 5 aromatic rings. The topological polar surface area (TPSA) is 0 Å². The molecule has 0 amide bonds. The molecule has 0 saturated carbocycles. The van der Waals surface area contributed by atoms with Gasteiger partial charge in [0.05, 0.1) is 0 Å². The van der Waals surface area contributed by atoms with Crippen LogP contribution in [0.15, 0.2) is 48.5 Å². The lowest BCUT2D eigenvalue weighted by molar-refractivity contribution is 1.36. The van der Waals surface area contributed by atoms with Crippen LogP contribution in [0.2, 0.25) is 0 Å². The van der Waals surface area contributed by atoms with Crippen LogP contribution < -0.4 is 0 Å². The number of hydrogen-bond donors (Lipinski definition) is 0. The van der Waals surface area contributed by atoms with Gasteiger partial charge in [-0.2, -0.15) is 20.1 Å². The van der Waals surface area contributed by atoms with Crippen molar-refractivity contribution in [2.24, 2.45) is 0 Å². The summed E-state index contributed by atoms with van der Waals surface area (Å²) >= 11 is 0. The van der Waals surface area contributed by atoms with Crippen LogP contribution >= 0.6 is 20.1 Å². The maximum absolute atomic E-state index is 3.94. The molecular formula is C42H50S2. The van der Waals surface area contributed by atoms with E-state index < -0.39 is 20.1 Å². The van der Waals surface area contributed by atoms with E-state index in [2.05, 4.69) is 140 Å². The van der Waals surface area contributed by atoms with Crippen molar-refractivity contribution in [1.29, 1.82) is 0 Å². The van der Waals surface area contributed by atoms with Gasteiger partial charge in [-0.05, 0) is 162 Å². The molecule has 0 unspecified atom stereocenters. The van der Waals surface area contributed by atoms with Gasteiger partial charge in [0, 0.05) is 11.1 Å². The summed E-state index contributed by atoms with van der Waals surface area (Å²) in [7, 11) is -1.99. The van der Waals surface area contributed by atoms with Gasteiger partial charge in [0.2, 0.25) is 0 Å². The minimum atomic E-state index is -0.996. The number of hydrogen-bond acceptors (Lipinski definition) is 0. The average Bonchev–Trinajstić information content (AvgIpc) is 3.05. The van der Waals surface area contributed by atoms with Crippen molar-refractivity contribution < 1.29 is 0 Å². The zero-order chi connectivity index (χ0) is 31.8. The van der Waals surface area contributed by atoms with Gasteiger partial charge in [-0.15, -0.1) is 0 Å². The first-order valence-electron chi connectivity index (χ1n) is 16.5. The Labute approximate surface area is 270 Å². The Kier molecular flexibility index (Phi) is 9.38. The van der Waals surface area contributed by atoms with Crippen molar-refractivity contribution >= 4 is 63.1 Å². The summed E-state index contributed by atoms with van der Waals surface area (Å²) in [4.78, 5) is 0. The first-order chi connectivity index (χ1) is 21.1. The van der Waals surface area contributed by atoms with E-state index >= 15 is 0 Å². The standard InChI is InChI=1S/C42H50S2/c1-11-43(12-2,13-3)23-21-33-39-25-35-29(7)17-19-31(9)37(35)27-41(39)34(22-24-44(14-4,15-5)16-6)42-28-38-32(10)20-18-30(8)36(38)26-40(33)42/h17-20,25-28H,11-16H2,1-10H3. The molecule has 0 N–H and O–H groups in total. The molecule has 44 heavy (non-hydrogen) atoms. The molecule has 0 aliphatic heterocycles. The highest BCUT2D eigenvalue weighted by molar-refractivity contribution is 8.37. The van der Waals surface area contributed by atoms with Crippen molar-refractivity contribution in [3.05, 3.63) is 81.9 Å². The van der Waals surface area contributed by atoms with Gasteiger partial charge >= 0.3 is 0 Å². The maximum atomic E-state index is 3.94. The van der Waals surface area contributed by atoms with Gasteiger partial charge in [-0.25, -0.2) is 0 Å². The second-order valence-corrected chi connectivity index (χ2v) is 20.4. The van der Waals surface area contributed by atoms with Crippen LogP contribution in [0.3, 0.4) is 0 Å². The molecule has 2 heteroatoms. The zero-order valence-electron chi connectivity index (χ0n) is 28.7. The lowest BCUT2D eigenvalue weighted by Gasteiger charge is -2.30. The molecule has 5 aromatic carbocycles. The Morgan fingerprint density at radius 3 is 0.818 bits per heavy atom. The summed E-state index contributed by atoms with van der Waals surface area (Å²) in [6.45, 7) is 22.9. The minimum absolute atomic E-state index is 0.996. The molecule has 0 aromatic heterocycles. The Bertz CT molecular complexity index is 1760. The van der Waals surface area contributed by atoms with Gasteiger partial charge in [0.1, 0.15) is 0 Å². The van der Waals surface area contributed by atoms with Gasteiger partial charge < -0.3 is 0 Å². The molecule has 0 fully saturated rings. The molecule has 0 spiro atoms. The highest BCUT2D eigenvalue weighted by atomic mass is 32.3. The van der Waals surface area contributed by atoms with Gasteiger partial charge in [-0.1, -0.05) is 77.6 Å². The first-order valence-corrected chi connectivity index (χ1v) is 20.8. The number of aryl methyl sites for hydroxylation is 4. The molecule has 0 heterocycles. The van der Waals surface area contributed by atoms with E-state index in [0.29, 0.717) is 0 Å². The van der Waals surface area contributed by atoms with Crippen LogP contribution in [-0.4, -0.2) is 34.5 Å². The second-order valence-electron chi connectivity index (χ2n) is 12.3. The third-order valence-corrected chi connectivity index (χ3v) is 18.1. The summed E-state index contributed by atoms with van der Waals surface area (Å²) in [5, 5.41) is 18.2. The normalized spacial score (nSPS) is 12.8. The van der Waals surface area contributed by atoms with Crippen LogP contribution in [0.4, 0.5) is 0 Å². The molecule has 0 aliphatic carbocycles. The van der Waals surface area contributed by atoms with Crippen molar-refractivity contribution in [3.63, 3.8) is 0 Å². The molecule has 0 nitrogen and oxygen atoms in total. The fourth-order valence-corrected chi connectivity index (χ4v) is 10.7. The minimum Gasteiger partial charge on any atom is -0.178 e. The predicted molar refractivity (Wildman–Crippen MR) is 208 cm³/mol. The molecule has 0 aliphatic rings. The number of benzene rings is 5. The van der Waals surface area contributed by atoms with Gasteiger partial charge in [0.15, 0.2) is 0 Å². The van der Waals surface area contributed by atoms with Crippen molar-refractivity contribution in [2.45, 2.75) is 69.2 Å². The monoisotopic (exact) mass is 618 g/mol. The molecule has 0 atom stereocenters. The van der Waals surface area contributed by atoms with E-state index in [9.17, 15) is 0 Å². The quantitative estimate of drug-likeness (QED) is 0.131. The highest BCUT2D eigenvalue weighted by Gasteiger charge is 2.20. The van der Waals surface area contributed by atoms with Crippen LogP contribution in [0.25, 0.3) is 43.1 Å². The number of fused-ring (bicyclic) bond motifs is 4. The molecule has 0 saturated heterocycles. The Balaban J connectivity index is 2.09. The van der Waals surface area contributed by atoms with Crippen LogP contribution in [-0.2, 0) is 0 Å². The molecule has 0 bridgehead atoms. The lowest BCUT2D eigenvalue weighted by atomic mass is 9.86. The fourth-order valence-electron chi connectivity index (χ4n) is 6.73. The Morgan fingerprint density at radius 1 is 0.386 bits per heavy atom. The molecule has 0 radical (unpaired) electrons. The van der Waals surface area contributed by atoms with E-state index in [4.69, 9.17) is 0 Å².